The Hall–Kier alpha value is -0.930. The second-order valence-corrected chi connectivity index (χ2v) is 6.34. The van der Waals surface area contributed by atoms with E-state index in [2.05, 4.69) is 0 Å². The van der Waals surface area contributed by atoms with Crippen LogP contribution < -0.4 is 5.32 Å². The molecular formula is C14H25NO11. The Kier molecular flexibility index (Phi) is 6.90. The Balaban J connectivity index is 2.18. The van der Waals surface area contributed by atoms with Gasteiger partial charge < -0.3 is 55.3 Å². The van der Waals surface area contributed by atoms with Crippen LogP contribution in [-0.4, -0.2) is 110 Å². The summed E-state index contributed by atoms with van der Waals surface area (Å²) < 4.78 is 15.8. The maximum Gasteiger partial charge on any atom is 0.219 e. The maximum absolute atomic E-state index is 11.3. The van der Waals surface area contributed by atoms with Crippen LogP contribution in [0.4, 0.5) is 0 Å². The smallest absolute Gasteiger partial charge is 0.219 e. The van der Waals surface area contributed by atoms with Crippen molar-refractivity contribution in [2.75, 3.05) is 13.2 Å². The van der Waals surface area contributed by atoms with Gasteiger partial charge in [0.1, 0.15) is 30.5 Å². The van der Waals surface area contributed by atoms with E-state index in [0.29, 0.717) is 0 Å². The van der Waals surface area contributed by atoms with E-state index in [-0.39, 0.29) is 6.42 Å². The van der Waals surface area contributed by atoms with Crippen LogP contribution in [-0.2, 0) is 19.0 Å². The molecule has 2 fully saturated rings. The molecule has 2 saturated heterocycles. The highest BCUT2D eigenvalue weighted by molar-refractivity contribution is 5.73. The van der Waals surface area contributed by atoms with Crippen LogP contribution in [0.15, 0.2) is 0 Å². The van der Waals surface area contributed by atoms with Gasteiger partial charge in [0.15, 0.2) is 6.29 Å². The third kappa shape index (κ3) is 4.14. The van der Waals surface area contributed by atoms with Crippen molar-refractivity contribution in [2.24, 2.45) is 0 Å². The number of hydrogen-bond donors (Lipinski definition) is 8. The molecule has 2 aliphatic rings. The number of nitrogens with one attached hydrogen (secondary N) is 1. The van der Waals surface area contributed by atoms with Gasteiger partial charge >= 0.3 is 0 Å². The van der Waals surface area contributed by atoms with Crippen molar-refractivity contribution in [3.8, 4) is 0 Å². The van der Waals surface area contributed by atoms with E-state index in [1.165, 1.54) is 0 Å². The van der Waals surface area contributed by atoms with Crippen LogP contribution in [0.3, 0.4) is 0 Å². The molecule has 9 atom stereocenters. The van der Waals surface area contributed by atoms with Crippen molar-refractivity contribution in [3.63, 3.8) is 0 Å². The normalized spacial score (nSPS) is 46.8. The molecule has 0 bridgehead atoms. The summed E-state index contributed by atoms with van der Waals surface area (Å²) in [7, 11) is 0. The summed E-state index contributed by atoms with van der Waals surface area (Å²) in [5, 5.41) is 70.8. The first-order chi connectivity index (χ1) is 12.1. The summed E-state index contributed by atoms with van der Waals surface area (Å²) in [6, 6.07) is 0. The lowest BCUT2D eigenvalue weighted by Gasteiger charge is -2.48. The van der Waals surface area contributed by atoms with Gasteiger partial charge in [-0.3, -0.25) is 4.79 Å². The molecular weight excluding hydrogens is 358 g/mol. The molecule has 0 radical (unpaired) electrons. The van der Waals surface area contributed by atoms with Gasteiger partial charge in [-0.25, -0.2) is 0 Å². The van der Waals surface area contributed by atoms with E-state index in [1.807, 2.05) is 5.32 Å². The van der Waals surface area contributed by atoms with E-state index in [9.17, 15) is 40.5 Å². The molecule has 0 spiro atoms. The molecule has 2 aliphatic heterocycles. The molecule has 0 aromatic heterocycles. The molecule has 0 aliphatic carbocycles. The van der Waals surface area contributed by atoms with Crippen molar-refractivity contribution >= 4 is 5.91 Å². The summed E-state index contributed by atoms with van der Waals surface area (Å²) in [5.41, 5.74) is -2.62. The zero-order valence-corrected chi connectivity index (χ0v) is 14.0. The quantitative estimate of drug-likeness (QED) is 0.212. The van der Waals surface area contributed by atoms with Crippen LogP contribution >= 0.6 is 0 Å². The summed E-state index contributed by atoms with van der Waals surface area (Å²) in [4.78, 5) is 11.3. The third-order valence-corrected chi connectivity index (χ3v) is 4.39. The number of carbonyl (C=O) groups excluding carboxylic acids is 1. The van der Waals surface area contributed by atoms with Gasteiger partial charge in [-0.2, -0.15) is 0 Å². The van der Waals surface area contributed by atoms with Gasteiger partial charge in [-0.1, -0.05) is 0 Å². The minimum atomic E-state index is -2.62. The number of ether oxygens (including phenoxy) is 3. The van der Waals surface area contributed by atoms with Crippen LogP contribution in [0, 0.1) is 0 Å². The number of amides is 1. The number of aliphatic hydroxyl groups is 7. The van der Waals surface area contributed by atoms with Crippen molar-refractivity contribution in [1.82, 2.24) is 5.32 Å². The first-order valence-electron chi connectivity index (χ1n) is 8.05. The van der Waals surface area contributed by atoms with Crippen LogP contribution in [0.2, 0.25) is 0 Å². The minimum absolute atomic E-state index is 0.236. The monoisotopic (exact) mass is 383 g/mol. The fourth-order valence-corrected chi connectivity index (χ4v) is 3.00. The molecule has 2 rings (SSSR count). The first kappa shape index (κ1) is 21.4. The van der Waals surface area contributed by atoms with Gasteiger partial charge in [-0.15, -0.1) is 0 Å². The SMILES string of the molecule is CC(=O)N[C@]1(O)C(O)O[C@H](CO)[C@@H](O[C@H]2C[C@@H](O)[C@@H](O)[C@@H](CO)O2)[C@@H]1O. The molecule has 2 heterocycles. The molecule has 12 heteroatoms. The summed E-state index contributed by atoms with van der Waals surface area (Å²) in [6.45, 7) is -0.282. The Morgan fingerprint density at radius 2 is 1.77 bits per heavy atom. The van der Waals surface area contributed by atoms with Crippen molar-refractivity contribution < 1.29 is 54.8 Å². The van der Waals surface area contributed by atoms with E-state index in [0.717, 1.165) is 6.92 Å². The largest absolute Gasteiger partial charge is 0.394 e. The zero-order chi connectivity index (χ0) is 19.6. The Bertz CT molecular complexity index is 494. The number of hydrogen-bond acceptors (Lipinski definition) is 11. The molecule has 0 saturated carbocycles. The van der Waals surface area contributed by atoms with Gasteiger partial charge in [0, 0.05) is 13.3 Å². The second kappa shape index (κ2) is 8.39. The molecule has 26 heavy (non-hydrogen) atoms. The average molecular weight is 383 g/mol. The standard InChI is InChI=1S/C14H25NO11/c1-5(18)15-14(23)12(21)11(8(4-17)25-13(14)22)26-9-2-6(19)10(20)7(3-16)24-9/h6-13,16-17,19-23H,2-4H2,1H3,(H,15,18)/t6-,7-,8-,9+,10-,11-,12+,13?,14-/m1/s1. The maximum atomic E-state index is 11.3. The molecule has 1 amide bonds. The van der Waals surface area contributed by atoms with Crippen molar-refractivity contribution in [3.05, 3.63) is 0 Å². The third-order valence-electron chi connectivity index (χ3n) is 4.39. The molecule has 0 aromatic rings. The molecule has 1 unspecified atom stereocenters. The topological polar surface area (TPSA) is 198 Å². The predicted octanol–water partition coefficient (Wildman–Crippen LogP) is -4.90. The number of carbonyl (C=O) groups is 1. The fourth-order valence-electron chi connectivity index (χ4n) is 3.00. The number of rotatable bonds is 5. The van der Waals surface area contributed by atoms with E-state index < -0.39 is 74.0 Å². The highest BCUT2D eigenvalue weighted by Crippen LogP contribution is 2.32. The Morgan fingerprint density at radius 1 is 1.15 bits per heavy atom. The Labute approximate surface area is 148 Å². The predicted molar refractivity (Wildman–Crippen MR) is 80.0 cm³/mol. The van der Waals surface area contributed by atoms with E-state index >= 15 is 0 Å². The van der Waals surface area contributed by atoms with Crippen LogP contribution in [0.1, 0.15) is 13.3 Å². The summed E-state index contributed by atoms with van der Waals surface area (Å²) in [5.74, 6) is -0.775. The molecule has 12 nitrogen and oxygen atoms in total. The van der Waals surface area contributed by atoms with Crippen LogP contribution in [0.25, 0.3) is 0 Å². The summed E-state index contributed by atoms with van der Waals surface area (Å²) >= 11 is 0. The van der Waals surface area contributed by atoms with Gasteiger partial charge in [0.2, 0.25) is 17.9 Å². The van der Waals surface area contributed by atoms with E-state index in [1.54, 1.807) is 0 Å². The molecule has 0 aromatic carbocycles. The van der Waals surface area contributed by atoms with Gasteiger partial charge in [0.25, 0.3) is 0 Å². The lowest BCUT2D eigenvalue weighted by Crippen LogP contribution is -2.74. The highest BCUT2D eigenvalue weighted by atomic mass is 16.7. The number of aliphatic hydroxyl groups excluding tert-OH is 6. The van der Waals surface area contributed by atoms with Crippen LogP contribution in [0.5, 0.6) is 0 Å². The fraction of sp³-hybridized carbons (Fsp3) is 0.929. The lowest BCUT2D eigenvalue weighted by atomic mass is 9.92. The average Bonchev–Trinajstić information content (AvgIpc) is 2.57. The second-order valence-electron chi connectivity index (χ2n) is 6.34. The van der Waals surface area contributed by atoms with Gasteiger partial charge in [-0.05, 0) is 0 Å². The Morgan fingerprint density at radius 3 is 2.31 bits per heavy atom. The van der Waals surface area contributed by atoms with Crippen molar-refractivity contribution in [2.45, 2.75) is 68.3 Å². The first-order valence-corrected chi connectivity index (χ1v) is 8.05. The summed E-state index contributed by atoms with van der Waals surface area (Å²) in [6.07, 6.45) is -12.0. The van der Waals surface area contributed by atoms with Gasteiger partial charge in [0.05, 0.1) is 19.3 Å². The lowest BCUT2D eigenvalue weighted by molar-refractivity contribution is -0.366. The van der Waals surface area contributed by atoms with Crippen molar-refractivity contribution in [1.29, 1.82) is 0 Å². The minimum Gasteiger partial charge on any atom is -0.394 e. The highest BCUT2D eigenvalue weighted by Gasteiger charge is 2.57. The molecule has 152 valence electrons. The van der Waals surface area contributed by atoms with E-state index in [4.69, 9.17) is 14.2 Å². The zero-order valence-electron chi connectivity index (χ0n) is 14.0. The molecule has 8 N–H and O–H groups in total.